The van der Waals surface area contributed by atoms with Gasteiger partial charge in [-0.25, -0.2) is 13.2 Å². The Morgan fingerprint density at radius 2 is 1.76 bits per heavy atom. The van der Waals surface area contributed by atoms with Gasteiger partial charge in [0.05, 0.1) is 5.02 Å². The predicted octanol–water partition coefficient (Wildman–Crippen LogP) is 5.02. The molecule has 6 heteroatoms. The second kappa shape index (κ2) is 6.81. The van der Waals surface area contributed by atoms with Crippen LogP contribution in [-0.4, -0.2) is 7.05 Å². The number of hydrogen-bond donors (Lipinski definition) is 1. The summed E-state index contributed by atoms with van der Waals surface area (Å²) >= 11 is 9.01. The zero-order valence-corrected chi connectivity index (χ0v) is 13.4. The van der Waals surface area contributed by atoms with Crippen LogP contribution in [0.4, 0.5) is 13.2 Å². The monoisotopic (exact) mass is 377 g/mol. The lowest BCUT2D eigenvalue weighted by Gasteiger charge is -2.18. The van der Waals surface area contributed by atoms with Gasteiger partial charge >= 0.3 is 0 Å². The second-order valence-electron chi connectivity index (χ2n) is 4.59. The Kier molecular flexibility index (Phi) is 5.30. The third kappa shape index (κ3) is 3.78. The average molecular weight is 379 g/mol. The summed E-state index contributed by atoms with van der Waals surface area (Å²) in [5.41, 5.74) is 0.778. The van der Waals surface area contributed by atoms with E-state index >= 15 is 0 Å². The van der Waals surface area contributed by atoms with Gasteiger partial charge in [0, 0.05) is 22.1 Å². The van der Waals surface area contributed by atoms with E-state index in [1.54, 1.807) is 19.2 Å². The van der Waals surface area contributed by atoms with Crippen LogP contribution in [0.25, 0.3) is 0 Å². The molecule has 0 aliphatic rings. The van der Waals surface area contributed by atoms with Crippen LogP contribution >= 0.6 is 27.5 Å². The van der Waals surface area contributed by atoms with Crippen LogP contribution in [0.2, 0.25) is 5.02 Å². The van der Waals surface area contributed by atoms with Gasteiger partial charge in [-0.2, -0.15) is 0 Å². The lowest BCUT2D eigenvalue weighted by atomic mass is 9.98. The first-order valence-electron chi connectivity index (χ1n) is 6.18. The summed E-state index contributed by atoms with van der Waals surface area (Å²) in [6.07, 6.45) is 0.236. The first-order valence-corrected chi connectivity index (χ1v) is 7.35. The van der Waals surface area contributed by atoms with Crippen LogP contribution < -0.4 is 5.32 Å². The minimum Gasteiger partial charge on any atom is -0.313 e. The Hall–Kier alpha value is -1.04. The van der Waals surface area contributed by atoms with E-state index in [-0.39, 0.29) is 11.4 Å². The highest BCUT2D eigenvalue weighted by molar-refractivity contribution is 9.10. The first kappa shape index (κ1) is 16.3. The molecule has 2 aromatic rings. The maximum Gasteiger partial charge on any atom is 0.147 e. The molecule has 0 aliphatic carbocycles. The fourth-order valence-corrected chi connectivity index (χ4v) is 2.62. The summed E-state index contributed by atoms with van der Waals surface area (Å²) in [5.74, 6) is -1.87. The van der Waals surface area contributed by atoms with Crippen molar-refractivity contribution in [2.75, 3.05) is 7.05 Å². The van der Waals surface area contributed by atoms with E-state index in [1.165, 1.54) is 12.1 Å². The Balaban J connectivity index is 2.34. The molecule has 1 N–H and O–H groups in total. The van der Waals surface area contributed by atoms with E-state index in [2.05, 4.69) is 21.2 Å². The average Bonchev–Trinajstić information content (AvgIpc) is 2.42. The van der Waals surface area contributed by atoms with Crippen LogP contribution in [0, 0.1) is 17.5 Å². The standard InChI is InChI=1S/C15H12BrClF3N/c1-21-13(6-8-4-9(18)7-10(19)5-8)11-2-3-12(16)14(17)15(11)20/h2-5,7,13,21H,6H2,1H3. The van der Waals surface area contributed by atoms with Crippen LogP contribution in [0.1, 0.15) is 17.2 Å². The van der Waals surface area contributed by atoms with E-state index in [9.17, 15) is 13.2 Å². The summed E-state index contributed by atoms with van der Waals surface area (Å²) < 4.78 is 41.1. The minimum atomic E-state index is -0.658. The molecule has 1 atom stereocenters. The zero-order chi connectivity index (χ0) is 15.6. The Morgan fingerprint density at radius 3 is 2.33 bits per heavy atom. The SMILES string of the molecule is CNC(Cc1cc(F)cc(F)c1)c1ccc(Br)c(Cl)c1F. The molecule has 0 amide bonds. The summed E-state index contributed by atoms with van der Waals surface area (Å²) in [5, 5.41) is 2.92. The molecule has 2 rings (SSSR count). The molecule has 112 valence electrons. The molecule has 2 aromatic carbocycles. The highest BCUT2D eigenvalue weighted by Crippen LogP contribution is 2.31. The van der Waals surface area contributed by atoms with Gasteiger partial charge in [0.25, 0.3) is 0 Å². The molecule has 0 spiro atoms. The number of hydrogen-bond acceptors (Lipinski definition) is 1. The van der Waals surface area contributed by atoms with E-state index < -0.39 is 23.5 Å². The number of likely N-dealkylation sites (N-methyl/N-ethyl adjacent to an activating group) is 1. The summed E-state index contributed by atoms with van der Waals surface area (Å²) in [4.78, 5) is 0. The van der Waals surface area contributed by atoms with Crippen molar-refractivity contribution < 1.29 is 13.2 Å². The fraction of sp³-hybridized carbons (Fsp3) is 0.200. The Bertz CT molecular complexity index is 643. The molecule has 21 heavy (non-hydrogen) atoms. The van der Waals surface area contributed by atoms with Gasteiger partial charge in [0.15, 0.2) is 0 Å². The van der Waals surface area contributed by atoms with Gasteiger partial charge in [-0.3, -0.25) is 0 Å². The van der Waals surface area contributed by atoms with Crippen molar-refractivity contribution in [1.82, 2.24) is 5.32 Å². The molecular formula is C15H12BrClF3N. The van der Waals surface area contributed by atoms with Crippen LogP contribution in [0.5, 0.6) is 0 Å². The highest BCUT2D eigenvalue weighted by atomic mass is 79.9. The van der Waals surface area contributed by atoms with Crippen molar-refractivity contribution in [1.29, 1.82) is 0 Å². The molecule has 0 saturated heterocycles. The second-order valence-corrected chi connectivity index (χ2v) is 5.82. The summed E-state index contributed by atoms with van der Waals surface area (Å²) in [6.45, 7) is 0. The fourth-order valence-electron chi connectivity index (χ4n) is 2.14. The van der Waals surface area contributed by atoms with Gasteiger partial charge in [0.1, 0.15) is 17.5 Å². The topological polar surface area (TPSA) is 12.0 Å². The Morgan fingerprint density at radius 1 is 1.14 bits per heavy atom. The van der Waals surface area contributed by atoms with Gasteiger partial charge in [0.2, 0.25) is 0 Å². The third-order valence-corrected chi connectivity index (χ3v) is 4.41. The van der Waals surface area contributed by atoms with E-state index in [4.69, 9.17) is 11.6 Å². The number of halogens is 5. The lowest BCUT2D eigenvalue weighted by molar-refractivity contribution is 0.528. The minimum absolute atomic E-state index is 0.0156. The van der Waals surface area contributed by atoms with Gasteiger partial charge in [-0.15, -0.1) is 0 Å². The van der Waals surface area contributed by atoms with Crippen molar-refractivity contribution in [3.8, 4) is 0 Å². The Labute approximate surface area is 134 Å². The number of benzene rings is 2. The van der Waals surface area contributed by atoms with E-state index in [1.807, 2.05) is 0 Å². The molecule has 0 bridgehead atoms. The van der Waals surface area contributed by atoms with Crippen LogP contribution in [0.3, 0.4) is 0 Å². The maximum atomic E-state index is 14.2. The van der Waals surface area contributed by atoms with Crippen molar-refractivity contribution >= 4 is 27.5 Å². The van der Waals surface area contributed by atoms with Gasteiger partial charge in [-0.1, -0.05) is 17.7 Å². The molecule has 1 nitrogen and oxygen atoms in total. The molecular weight excluding hydrogens is 367 g/mol. The maximum absolute atomic E-state index is 14.2. The lowest BCUT2D eigenvalue weighted by Crippen LogP contribution is -2.20. The van der Waals surface area contributed by atoms with Crippen LogP contribution in [0.15, 0.2) is 34.8 Å². The summed E-state index contributed by atoms with van der Waals surface area (Å²) in [7, 11) is 1.65. The van der Waals surface area contributed by atoms with Crippen molar-refractivity contribution in [3.05, 3.63) is 68.4 Å². The van der Waals surface area contributed by atoms with Gasteiger partial charge < -0.3 is 5.32 Å². The van der Waals surface area contributed by atoms with Crippen molar-refractivity contribution in [3.63, 3.8) is 0 Å². The zero-order valence-electron chi connectivity index (χ0n) is 11.1. The quantitative estimate of drug-likeness (QED) is 0.736. The summed E-state index contributed by atoms with van der Waals surface area (Å²) in [6, 6.07) is 6.03. The molecule has 0 saturated carbocycles. The largest absolute Gasteiger partial charge is 0.313 e. The third-order valence-electron chi connectivity index (χ3n) is 3.15. The van der Waals surface area contributed by atoms with Gasteiger partial charge in [-0.05, 0) is 53.2 Å². The smallest absolute Gasteiger partial charge is 0.147 e. The number of rotatable bonds is 4. The molecule has 0 heterocycles. The molecule has 0 fully saturated rings. The normalized spacial score (nSPS) is 12.5. The van der Waals surface area contributed by atoms with Crippen molar-refractivity contribution in [2.24, 2.45) is 0 Å². The molecule has 0 aromatic heterocycles. The van der Waals surface area contributed by atoms with E-state index in [0.717, 1.165) is 6.07 Å². The molecule has 1 unspecified atom stereocenters. The molecule has 0 aliphatic heterocycles. The number of nitrogens with one attached hydrogen (secondary N) is 1. The van der Waals surface area contributed by atoms with Crippen molar-refractivity contribution in [2.45, 2.75) is 12.5 Å². The first-order chi connectivity index (χ1) is 9.92. The molecule has 0 radical (unpaired) electrons. The predicted molar refractivity (Wildman–Crippen MR) is 81.0 cm³/mol. The van der Waals surface area contributed by atoms with Crippen LogP contribution in [-0.2, 0) is 6.42 Å². The highest BCUT2D eigenvalue weighted by Gasteiger charge is 2.19. The van der Waals surface area contributed by atoms with E-state index in [0.29, 0.717) is 15.6 Å².